The summed E-state index contributed by atoms with van der Waals surface area (Å²) in [6.45, 7) is 0.836. The van der Waals surface area contributed by atoms with Gasteiger partial charge in [0, 0.05) is 29.0 Å². The van der Waals surface area contributed by atoms with Gasteiger partial charge in [-0.05, 0) is 80.2 Å². The molecule has 0 radical (unpaired) electrons. The molecule has 2 aromatic heterocycles. The van der Waals surface area contributed by atoms with E-state index in [9.17, 15) is 8.42 Å². The molecule has 0 saturated heterocycles. The summed E-state index contributed by atoms with van der Waals surface area (Å²) in [6, 6.07) is 11.0. The Morgan fingerprint density at radius 1 is 1.06 bits per heavy atom. The van der Waals surface area contributed by atoms with Crippen LogP contribution in [0.5, 0.6) is 0 Å². The number of aromatic nitrogens is 1. The first kappa shape index (κ1) is 22.5. The number of thiophene rings is 1. The van der Waals surface area contributed by atoms with Gasteiger partial charge >= 0.3 is 0 Å². The van der Waals surface area contributed by atoms with Crippen molar-refractivity contribution in [1.82, 2.24) is 9.88 Å². The fourth-order valence-electron chi connectivity index (χ4n) is 5.25. The molecule has 7 heteroatoms. The van der Waals surface area contributed by atoms with Gasteiger partial charge in [0.2, 0.25) is 0 Å². The van der Waals surface area contributed by atoms with E-state index in [1.54, 1.807) is 11.3 Å². The number of H-pyrrole nitrogens is 1. The minimum atomic E-state index is -2.67. The Morgan fingerprint density at radius 2 is 1.74 bits per heavy atom. The Hall–Kier alpha value is -1.67. The van der Waals surface area contributed by atoms with Gasteiger partial charge in [-0.15, -0.1) is 0 Å². The first-order chi connectivity index (χ1) is 14.6. The fourth-order valence-corrected chi connectivity index (χ4v) is 6.00. The lowest BCUT2D eigenvalue weighted by atomic mass is 9.68. The topological polar surface area (TPSA) is 62.4 Å². The van der Waals surface area contributed by atoms with Gasteiger partial charge in [0.1, 0.15) is 15.4 Å². The molecular weight excluding hydrogens is 428 g/mol. The molecule has 0 amide bonds. The number of ether oxygens (including phenoxy) is 1. The number of rotatable bonds is 2. The van der Waals surface area contributed by atoms with E-state index in [0.717, 1.165) is 51.2 Å². The van der Waals surface area contributed by atoms with Crippen LogP contribution in [0.25, 0.3) is 10.9 Å². The number of hydrogen-bond acceptors (Lipinski definition) is 5. The maximum Gasteiger partial charge on any atom is 0.144 e. The highest BCUT2D eigenvalue weighted by Gasteiger charge is 2.49. The first-order valence-corrected chi connectivity index (χ1v) is 14.0. The Labute approximate surface area is 189 Å². The second-order valence-electron chi connectivity index (χ2n) is 9.20. The number of fused-ring (bicyclic) bond motifs is 4. The molecule has 0 bridgehead atoms. The van der Waals surface area contributed by atoms with Crippen molar-refractivity contribution in [3.63, 3.8) is 0 Å². The lowest BCUT2D eigenvalue weighted by molar-refractivity contribution is -0.113. The van der Waals surface area contributed by atoms with Crippen LogP contribution in [0, 0.1) is 0 Å². The average molecular weight is 461 g/mol. The predicted molar refractivity (Wildman–Crippen MR) is 129 cm³/mol. The molecule has 1 spiro atoms. The second-order valence-corrected chi connectivity index (χ2v) is 12.3. The third-order valence-electron chi connectivity index (χ3n) is 6.80. The van der Waals surface area contributed by atoms with E-state index in [1.165, 1.54) is 27.7 Å². The number of nitrogens with zero attached hydrogens (tertiary/aromatic N) is 1. The quantitative estimate of drug-likeness (QED) is 0.603. The normalized spacial score (nSPS) is 26.0. The number of hydrogen-bond donors (Lipinski definition) is 1. The monoisotopic (exact) mass is 460 g/mol. The van der Waals surface area contributed by atoms with Crippen LogP contribution in [0.15, 0.2) is 41.1 Å². The third-order valence-corrected chi connectivity index (χ3v) is 7.48. The summed E-state index contributed by atoms with van der Waals surface area (Å²) in [5, 5.41) is 5.92. The van der Waals surface area contributed by atoms with Gasteiger partial charge in [0.25, 0.3) is 0 Å². The highest BCUT2D eigenvalue weighted by atomic mass is 32.2. The van der Waals surface area contributed by atoms with Crippen molar-refractivity contribution in [1.29, 1.82) is 0 Å². The molecule has 5 rings (SSSR count). The van der Waals surface area contributed by atoms with Crippen LogP contribution in [-0.2, 0) is 32.1 Å². The van der Waals surface area contributed by atoms with Crippen LogP contribution in [0.1, 0.15) is 42.5 Å². The Morgan fingerprint density at radius 3 is 2.35 bits per heavy atom. The van der Waals surface area contributed by atoms with Crippen molar-refractivity contribution in [3.05, 3.63) is 57.9 Å². The van der Waals surface area contributed by atoms with E-state index >= 15 is 0 Å². The number of nitrogens with one attached hydrogen (secondary N) is 1. The van der Waals surface area contributed by atoms with Gasteiger partial charge < -0.3 is 9.72 Å². The maximum atomic E-state index is 9.63. The van der Waals surface area contributed by atoms with E-state index in [1.807, 2.05) is 0 Å². The average Bonchev–Trinajstić information content (AvgIpc) is 3.37. The summed E-state index contributed by atoms with van der Waals surface area (Å²) in [7, 11) is 1.79. The van der Waals surface area contributed by atoms with Crippen molar-refractivity contribution in [2.24, 2.45) is 0 Å². The van der Waals surface area contributed by atoms with Crippen molar-refractivity contribution >= 4 is 32.1 Å². The standard InChI is InChI=1S/C22H26N2OS.C2H6O2S/c1-24(2)21(16-8-14-26-15-16)9-11-22(12-10-21)20-18(7-13-25-22)17-5-3-4-6-19(17)23-20;1-5(2,3)4/h3-6,8,14-15,23H,7,9-13H2,1-2H3;1-2H3. The lowest BCUT2D eigenvalue weighted by Crippen LogP contribution is -2.49. The summed E-state index contributed by atoms with van der Waals surface area (Å²) in [5.74, 6) is 0. The van der Waals surface area contributed by atoms with Gasteiger partial charge in [-0.3, -0.25) is 4.90 Å². The Kier molecular flexibility index (Phi) is 6.07. The Balaban J connectivity index is 0.000000418. The summed E-state index contributed by atoms with van der Waals surface area (Å²) in [6.07, 6.45) is 7.74. The van der Waals surface area contributed by atoms with Gasteiger partial charge in [-0.1, -0.05) is 18.2 Å². The molecule has 0 atom stereocenters. The second kappa shape index (κ2) is 8.35. The molecular formula is C24H32N2O3S2. The minimum Gasteiger partial charge on any atom is -0.368 e. The zero-order chi connectivity index (χ0) is 22.3. The van der Waals surface area contributed by atoms with Crippen LogP contribution in [-0.4, -0.2) is 51.5 Å². The smallest absolute Gasteiger partial charge is 0.144 e. The van der Waals surface area contributed by atoms with Crippen molar-refractivity contribution in [2.75, 3.05) is 33.2 Å². The minimum absolute atomic E-state index is 0.137. The SMILES string of the molecule is CN(C)C1(c2ccsc2)CCC2(CC1)OCCc1c2[nH]c2ccccc12.CS(C)(=O)=O. The van der Waals surface area contributed by atoms with Crippen LogP contribution in [0.3, 0.4) is 0 Å². The van der Waals surface area contributed by atoms with Crippen molar-refractivity contribution in [3.8, 4) is 0 Å². The summed E-state index contributed by atoms with van der Waals surface area (Å²) in [5.41, 5.74) is 5.56. The number of aromatic amines is 1. The van der Waals surface area contributed by atoms with E-state index < -0.39 is 9.84 Å². The number of para-hydroxylation sites is 1. The molecule has 0 unspecified atom stereocenters. The van der Waals surface area contributed by atoms with Crippen LogP contribution in [0.4, 0.5) is 0 Å². The fraction of sp³-hybridized carbons (Fsp3) is 0.500. The molecule has 3 heterocycles. The largest absolute Gasteiger partial charge is 0.368 e. The zero-order valence-corrected chi connectivity index (χ0v) is 20.4. The van der Waals surface area contributed by atoms with Gasteiger partial charge in [0.05, 0.1) is 12.3 Å². The zero-order valence-electron chi connectivity index (χ0n) is 18.8. The first-order valence-electron chi connectivity index (χ1n) is 10.7. The number of sulfone groups is 1. The van der Waals surface area contributed by atoms with Gasteiger partial charge in [0.15, 0.2) is 0 Å². The molecule has 1 aliphatic carbocycles. The highest BCUT2D eigenvalue weighted by molar-refractivity contribution is 7.89. The molecule has 31 heavy (non-hydrogen) atoms. The van der Waals surface area contributed by atoms with Crippen LogP contribution in [0.2, 0.25) is 0 Å². The Bertz CT molecular complexity index is 1130. The number of benzene rings is 1. The van der Waals surface area contributed by atoms with E-state index in [-0.39, 0.29) is 11.1 Å². The predicted octanol–water partition coefficient (Wildman–Crippen LogP) is 4.69. The third kappa shape index (κ3) is 4.33. The molecule has 5 nitrogen and oxygen atoms in total. The van der Waals surface area contributed by atoms with Crippen LogP contribution < -0.4 is 0 Å². The molecule has 1 aliphatic heterocycles. The molecule has 1 N–H and O–H groups in total. The van der Waals surface area contributed by atoms with Crippen LogP contribution >= 0.6 is 11.3 Å². The van der Waals surface area contributed by atoms with E-state index in [0.29, 0.717) is 0 Å². The maximum absolute atomic E-state index is 9.63. The molecule has 1 saturated carbocycles. The van der Waals surface area contributed by atoms with E-state index in [2.05, 4.69) is 65.1 Å². The summed E-state index contributed by atoms with van der Waals surface area (Å²) < 4.78 is 25.8. The van der Waals surface area contributed by atoms with Crippen molar-refractivity contribution in [2.45, 2.75) is 43.2 Å². The van der Waals surface area contributed by atoms with Gasteiger partial charge in [-0.2, -0.15) is 11.3 Å². The molecule has 168 valence electrons. The van der Waals surface area contributed by atoms with E-state index in [4.69, 9.17) is 4.74 Å². The summed E-state index contributed by atoms with van der Waals surface area (Å²) in [4.78, 5) is 6.16. The summed E-state index contributed by atoms with van der Waals surface area (Å²) >= 11 is 1.80. The molecule has 1 fully saturated rings. The molecule has 3 aromatic rings. The molecule has 1 aromatic carbocycles. The molecule has 2 aliphatic rings. The van der Waals surface area contributed by atoms with Gasteiger partial charge in [-0.25, -0.2) is 8.42 Å². The van der Waals surface area contributed by atoms with Crippen molar-refractivity contribution < 1.29 is 13.2 Å². The lowest BCUT2D eigenvalue weighted by Gasteiger charge is -2.50. The highest BCUT2D eigenvalue weighted by Crippen LogP contribution is 2.52.